The van der Waals surface area contributed by atoms with Crippen molar-refractivity contribution in [3.05, 3.63) is 89.1 Å². The van der Waals surface area contributed by atoms with Gasteiger partial charge in [0.1, 0.15) is 0 Å². The van der Waals surface area contributed by atoms with E-state index in [-0.39, 0.29) is 5.76 Å². The molecular weight excluding hydrogens is 420 g/mol. The van der Waals surface area contributed by atoms with E-state index in [4.69, 9.17) is 20.8 Å². The van der Waals surface area contributed by atoms with Gasteiger partial charge in [-0.25, -0.2) is 5.43 Å². The number of ether oxygens (including phenoxy) is 1. The smallest absolute Gasteiger partial charge is 0.307 e. The molecule has 0 fully saturated rings. The minimum absolute atomic E-state index is 0.168. The third-order valence-electron chi connectivity index (χ3n) is 4.26. The molecule has 150 valence electrons. The lowest BCUT2D eigenvalue weighted by Crippen LogP contribution is -2.16. The van der Waals surface area contributed by atoms with Gasteiger partial charge >= 0.3 is 5.91 Å². The molecule has 30 heavy (non-hydrogen) atoms. The van der Waals surface area contributed by atoms with Crippen LogP contribution in [0.4, 0.5) is 0 Å². The number of fused-ring (bicyclic) bond motifs is 1. The second-order valence-corrected chi connectivity index (χ2v) is 7.90. The van der Waals surface area contributed by atoms with Crippen molar-refractivity contribution in [2.75, 3.05) is 7.11 Å². The summed E-state index contributed by atoms with van der Waals surface area (Å²) in [4.78, 5) is 14.5. The van der Waals surface area contributed by atoms with Gasteiger partial charge in [0, 0.05) is 20.2 Å². The zero-order valence-electron chi connectivity index (χ0n) is 16.0. The first kappa shape index (κ1) is 20.1. The van der Waals surface area contributed by atoms with Crippen LogP contribution in [0, 0.1) is 0 Å². The number of hydrazone groups is 1. The predicted molar refractivity (Wildman–Crippen MR) is 120 cm³/mol. The Balaban J connectivity index is 1.38. The fourth-order valence-corrected chi connectivity index (χ4v) is 3.73. The summed E-state index contributed by atoms with van der Waals surface area (Å²) in [5.74, 6) is 0.312. The number of hydrogen-bond donors (Lipinski definition) is 1. The van der Waals surface area contributed by atoms with Crippen LogP contribution in [-0.2, 0) is 0 Å². The number of carbonyl (C=O) groups excluding carboxylic acids is 1. The number of hydrogen-bond acceptors (Lipinski definition) is 5. The van der Waals surface area contributed by atoms with Crippen molar-refractivity contribution in [3.63, 3.8) is 0 Å². The first-order chi connectivity index (χ1) is 14.6. The van der Waals surface area contributed by atoms with Crippen LogP contribution >= 0.6 is 23.4 Å². The quantitative estimate of drug-likeness (QED) is 0.297. The molecule has 4 rings (SSSR count). The first-order valence-electron chi connectivity index (χ1n) is 9.06. The van der Waals surface area contributed by atoms with E-state index in [1.807, 2.05) is 60.7 Å². The summed E-state index contributed by atoms with van der Waals surface area (Å²) >= 11 is 7.55. The second-order valence-electron chi connectivity index (χ2n) is 6.31. The molecule has 1 amide bonds. The summed E-state index contributed by atoms with van der Waals surface area (Å²) in [6, 6.07) is 22.7. The maximum atomic E-state index is 12.3. The van der Waals surface area contributed by atoms with E-state index < -0.39 is 5.91 Å². The minimum atomic E-state index is -0.431. The average molecular weight is 437 g/mol. The van der Waals surface area contributed by atoms with E-state index in [0.717, 1.165) is 25.8 Å². The molecule has 1 N–H and O–H groups in total. The van der Waals surface area contributed by atoms with Crippen LogP contribution in [0.15, 0.2) is 92.1 Å². The maximum absolute atomic E-state index is 12.3. The molecule has 0 aliphatic heterocycles. The average Bonchev–Trinajstić information content (AvgIpc) is 3.21. The molecule has 0 radical (unpaired) electrons. The molecule has 1 aromatic heterocycles. The Morgan fingerprint density at radius 3 is 2.47 bits per heavy atom. The molecule has 0 atom stereocenters. The molecule has 0 bridgehead atoms. The van der Waals surface area contributed by atoms with Crippen molar-refractivity contribution >= 4 is 46.5 Å². The maximum Gasteiger partial charge on any atom is 0.307 e. The van der Waals surface area contributed by atoms with Gasteiger partial charge in [0.05, 0.1) is 13.3 Å². The van der Waals surface area contributed by atoms with Crippen LogP contribution in [0.2, 0.25) is 5.02 Å². The van der Waals surface area contributed by atoms with Gasteiger partial charge in [0.25, 0.3) is 0 Å². The highest BCUT2D eigenvalue weighted by molar-refractivity contribution is 7.99. The van der Waals surface area contributed by atoms with Gasteiger partial charge in [-0.05, 0) is 54.1 Å². The van der Waals surface area contributed by atoms with Crippen molar-refractivity contribution in [2.24, 2.45) is 5.10 Å². The standard InChI is InChI=1S/C23H17ClN2O3S/c1-28-20-4-2-3-16-13-21(29-22(16)20)23(27)26-25-14-15-5-9-18(10-6-15)30-19-11-7-17(24)8-12-19/h2-14H,1H3,(H,26,27)/b25-14-. The van der Waals surface area contributed by atoms with Crippen molar-refractivity contribution in [1.29, 1.82) is 0 Å². The Morgan fingerprint density at radius 2 is 1.77 bits per heavy atom. The first-order valence-corrected chi connectivity index (χ1v) is 10.3. The van der Waals surface area contributed by atoms with Crippen LogP contribution in [-0.4, -0.2) is 19.2 Å². The zero-order valence-corrected chi connectivity index (χ0v) is 17.5. The minimum Gasteiger partial charge on any atom is -0.493 e. The Kier molecular flexibility index (Phi) is 6.07. The highest BCUT2D eigenvalue weighted by Crippen LogP contribution is 2.29. The van der Waals surface area contributed by atoms with Crippen molar-refractivity contribution in [1.82, 2.24) is 5.43 Å². The summed E-state index contributed by atoms with van der Waals surface area (Å²) in [7, 11) is 1.56. The van der Waals surface area contributed by atoms with E-state index in [9.17, 15) is 4.79 Å². The van der Waals surface area contributed by atoms with E-state index in [1.54, 1.807) is 37.2 Å². The number of para-hydroxylation sites is 1. The predicted octanol–water partition coefficient (Wildman–Crippen LogP) is 6.01. The number of nitrogens with one attached hydrogen (secondary N) is 1. The van der Waals surface area contributed by atoms with Crippen LogP contribution < -0.4 is 10.2 Å². The molecule has 4 aromatic rings. The van der Waals surface area contributed by atoms with Gasteiger partial charge in [-0.3, -0.25) is 4.79 Å². The fraction of sp³-hybridized carbons (Fsp3) is 0.0435. The van der Waals surface area contributed by atoms with Crippen molar-refractivity contribution in [2.45, 2.75) is 9.79 Å². The van der Waals surface area contributed by atoms with Gasteiger partial charge in [0.15, 0.2) is 17.1 Å². The Bertz CT molecular complexity index is 1200. The van der Waals surface area contributed by atoms with Gasteiger partial charge in [-0.15, -0.1) is 0 Å². The third kappa shape index (κ3) is 4.67. The fourth-order valence-electron chi connectivity index (χ4n) is 2.79. The Hall–Kier alpha value is -3.22. The Morgan fingerprint density at radius 1 is 1.07 bits per heavy atom. The molecule has 0 spiro atoms. The molecule has 3 aromatic carbocycles. The van der Waals surface area contributed by atoms with Gasteiger partial charge in [-0.2, -0.15) is 5.10 Å². The summed E-state index contributed by atoms with van der Waals surface area (Å²) in [6.07, 6.45) is 1.58. The summed E-state index contributed by atoms with van der Waals surface area (Å²) < 4.78 is 10.9. The highest BCUT2D eigenvalue weighted by Gasteiger charge is 2.14. The van der Waals surface area contributed by atoms with Gasteiger partial charge in [0.2, 0.25) is 0 Å². The van der Waals surface area contributed by atoms with Crippen LogP contribution in [0.25, 0.3) is 11.0 Å². The molecule has 0 aliphatic carbocycles. The summed E-state index contributed by atoms with van der Waals surface area (Å²) in [5, 5.41) is 5.52. The van der Waals surface area contributed by atoms with Gasteiger partial charge in [-0.1, -0.05) is 47.6 Å². The SMILES string of the molecule is COc1cccc2cc(C(=O)N/N=C\c3ccc(Sc4ccc(Cl)cc4)cc3)oc12. The molecular formula is C23H17ClN2O3S. The normalized spacial score (nSPS) is 11.1. The lowest BCUT2D eigenvalue weighted by Gasteiger charge is -2.02. The van der Waals surface area contributed by atoms with Gasteiger partial charge < -0.3 is 9.15 Å². The second kappa shape index (κ2) is 9.07. The summed E-state index contributed by atoms with van der Waals surface area (Å²) in [6.45, 7) is 0. The molecule has 0 aliphatic rings. The molecule has 0 saturated carbocycles. The molecule has 0 unspecified atom stereocenters. The number of rotatable bonds is 6. The third-order valence-corrected chi connectivity index (χ3v) is 5.53. The van der Waals surface area contributed by atoms with E-state index in [1.165, 1.54) is 0 Å². The lowest BCUT2D eigenvalue weighted by molar-refractivity contribution is 0.0929. The number of amides is 1. The molecule has 1 heterocycles. The highest BCUT2D eigenvalue weighted by atomic mass is 35.5. The number of furan rings is 1. The topological polar surface area (TPSA) is 63.8 Å². The van der Waals surface area contributed by atoms with E-state index in [0.29, 0.717) is 11.3 Å². The number of carbonyl (C=O) groups is 1. The van der Waals surface area contributed by atoms with E-state index >= 15 is 0 Å². The van der Waals surface area contributed by atoms with Crippen LogP contribution in [0.1, 0.15) is 16.1 Å². The van der Waals surface area contributed by atoms with Crippen molar-refractivity contribution in [3.8, 4) is 5.75 Å². The van der Waals surface area contributed by atoms with Crippen LogP contribution in [0.5, 0.6) is 5.75 Å². The summed E-state index contributed by atoms with van der Waals surface area (Å²) in [5.41, 5.74) is 3.88. The van der Waals surface area contributed by atoms with Crippen molar-refractivity contribution < 1.29 is 13.9 Å². The lowest BCUT2D eigenvalue weighted by atomic mass is 10.2. The zero-order chi connectivity index (χ0) is 20.9. The number of halogens is 1. The number of methoxy groups -OCH3 is 1. The molecule has 7 heteroatoms. The largest absolute Gasteiger partial charge is 0.493 e. The number of nitrogens with zero attached hydrogens (tertiary/aromatic N) is 1. The molecule has 0 saturated heterocycles. The molecule has 5 nitrogen and oxygen atoms in total. The number of benzene rings is 3. The Labute approximate surface area is 182 Å². The van der Waals surface area contributed by atoms with E-state index in [2.05, 4.69) is 10.5 Å². The van der Waals surface area contributed by atoms with Crippen LogP contribution in [0.3, 0.4) is 0 Å². The monoisotopic (exact) mass is 436 g/mol.